The van der Waals surface area contributed by atoms with Gasteiger partial charge in [0, 0.05) is 18.5 Å². The van der Waals surface area contributed by atoms with Crippen molar-refractivity contribution >= 4 is 17.2 Å². The number of nitrogens with zero attached hydrogens (tertiary/aromatic N) is 2. The van der Waals surface area contributed by atoms with Crippen molar-refractivity contribution in [1.82, 2.24) is 9.78 Å². The molecule has 2 aromatic heterocycles. The van der Waals surface area contributed by atoms with Gasteiger partial charge in [-0.15, -0.1) is 11.3 Å². The summed E-state index contributed by atoms with van der Waals surface area (Å²) in [6.07, 6.45) is 0. The number of methoxy groups -OCH3 is 1. The van der Waals surface area contributed by atoms with E-state index in [0.29, 0.717) is 5.82 Å². The summed E-state index contributed by atoms with van der Waals surface area (Å²) in [6, 6.07) is 12.1. The van der Waals surface area contributed by atoms with Crippen LogP contribution in [0.2, 0.25) is 0 Å². The maximum absolute atomic E-state index is 6.19. The summed E-state index contributed by atoms with van der Waals surface area (Å²) >= 11 is 1.60. The lowest BCUT2D eigenvalue weighted by atomic mass is 10.0. The smallest absolute Gasteiger partial charge is 0.130 e. The molecule has 0 saturated carbocycles. The van der Waals surface area contributed by atoms with Crippen molar-refractivity contribution < 1.29 is 4.74 Å². The van der Waals surface area contributed by atoms with E-state index < -0.39 is 0 Å². The second-order valence-electron chi connectivity index (χ2n) is 4.45. The second kappa shape index (κ2) is 5.02. The van der Waals surface area contributed by atoms with Crippen molar-refractivity contribution in [1.29, 1.82) is 0 Å². The van der Waals surface area contributed by atoms with Crippen LogP contribution < -0.4 is 10.5 Å². The summed E-state index contributed by atoms with van der Waals surface area (Å²) in [7, 11) is 3.52. The predicted octanol–water partition coefficient (Wildman–Crippen LogP) is 3.41. The number of hydrogen-bond donors (Lipinski definition) is 1. The van der Waals surface area contributed by atoms with Crippen LogP contribution in [0.3, 0.4) is 0 Å². The molecule has 0 aliphatic heterocycles. The molecule has 0 aliphatic rings. The lowest BCUT2D eigenvalue weighted by molar-refractivity contribution is 0.417. The molecule has 1 aromatic carbocycles. The Morgan fingerprint density at radius 3 is 2.65 bits per heavy atom. The number of aromatic nitrogens is 2. The maximum atomic E-state index is 6.19. The Balaban J connectivity index is 2.19. The number of hydrogen-bond acceptors (Lipinski definition) is 4. The summed E-state index contributed by atoms with van der Waals surface area (Å²) < 4.78 is 6.96. The fraction of sp³-hybridized carbons (Fsp3) is 0.133. The highest BCUT2D eigenvalue weighted by Crippen LogP contribution is 2.39. The molecule has 0 radical (unpaired) electrons. The molecule has 0 spiro atoms. The van der Waals surface area contributed by atoms with Crippen LogP contribution in [0.15, 0.2) is 41.8 Å². The van der Waals surface area contributed by atoms with E-state index in [0.717, 1.165) is 27.4 Å². The number of aryl methyl sites for hydroxylation is 1. The fourth-order valence-corrected chi connectivity index (χ4v) is 3.00. The van der Waals surface area contributed by atoms with E-state index in [4.69, 9.17) is 10.5 Å². The van der Waals surface area contributed by atoms with Gasteiger partial charge in [0.1, 0.15) is 17.3 Å². The highest BCUT2D eigenvalue weighted by atomic mass is 32.1. The standard InChI is InChI=1S/C15H15N3OS/c1-18-15(16)13(10-6-4-3-5-7-10)14(17-18)12-8-11(19-2)9-20-12/h3-9H,16H2,1-2H3. The predicted molar refractivity (Wildman–Crippen MR) is 82.9 cm³/mol. The van der Waals surface area contributed by atoms with E-state index in [1.165, 1.54) is 0 Å². The average molecular weight is 285 g/mol. The minimum Gasteiger partial charge on any atom is -0.496 e. The van der Waals surface area contributed by atoms with Gasteiger partial charge in [0.2, 0.25) is 0 Å². The zero-order valence-corrected chi connectivity index (χ0v) is 12.1. The normalized spacial score (nSPS) is 10.7. The van der Waals surface area contributed by atoms with Crippen LogP contribution in [0.5, 0.6) is 5.75 Å². The first-order chi connectivity index (χ1) is 9.70. The van der Waals surface area contributed by atoms with Crippen LogP contribution in [0.25, 0.3) is 21.7 Å². The Bertz CT molecular complexity index is 731. The summed E-state index contributed by atoms with van der Waals surface area (Å²) in [4.78, 5) is 1.05. The summed E-state index contributed by atoms with van der Waals surface area (Å²) in [5, 5.41) is 6.52. The fourth-order valence-electron chi connectivity index (χ4n) is 2.15. The van der Waals surface area contributed by atoms with Crippen LogP contribution in [0.1, 0.15) is 0 Å². The zero-order chi connectivity index (χ0) is 14.1. The molecule has 0 fully saturated rings. The Morgan fingerprint density at radius 1 is 1.25 bits per heavy atom. The van der Waals surface area contributed by atoms with Crippen LogP contribution in [0, 0.1) is 0 Å². The number of nitrogens with two attached hydrogens (primary N) is 1. The van der Waals surface area contributed by atoms with E-state index in [-0.39, 0.29) is 0 Å². The van der Waals surface area contributed by atoms with Gasteiger partial charge in [-0.3, -0.25) is 4.68 Å². The van der Waals surface area contributed by atoms with Crippen LogP contribution >= 0.6 is 11.3 Å². The van der Waals surface area contributed by atoms with Crippen molar-refractivity contribution in [3.05, 3.63) is 41.8 Å². The van der Waals surface area contributed by atoms with Gasteiger partial charge in [-0.2, -0.15) is 5.10 Å². The van der Waals surface area contributed by atoms with Gasteiger partial charge in [-0.25, -0.2) is 0 Å². The van der Waals surface area contributed by atoms with Crippen LogP contribution in [-0.4, -0.2) is 16.9 Å². The summed E-state index contributed by atoms with van der Waals surface area (Å²) in [5.41, 5.74) is 9.12. The number of rotatable bonds is 3. The zero-order valence-electron chi connectivity index (χ0n) is 11.3. The molecule has 0 unspecified atom stereocenters. The highest BCUT2D eigenvalue weighted by molar-refractivity contribution is 7.13. The summed E-state index contributed by atoms with van der Waals surface area (Å²) in [5.74, 6) is 1.51. The van der Waals surface area contributed by atoms with Gasteiger partial charge in [-0.1, -0.05) is 30.3 Å². The van der Waals surface area contributed by atoms with E-state index in [2.05, 4.69) is 5.10 Å². The van der Waals surface area contributed by atoms with Gasteiger partial charge < -0.3 is 10.5 Å². The van der Waals surface area contributed by atoms with E-state index in [9.17, 15) is 0 Å². The Morgan fingerprint density at radius 2 is 2.00 bits per heavy atom. The molecule has 102 valence electrons. The molecule has 5 heteroatoms. The molecule has 0 amide bonds. The van der Waals surface area contributed by atoms with Gasteiger partial charge in [0.25, 0.3) is 0 Å². The summed E-state index contributed by atoms with van der Waals surface area (Å²) in [6.45, 7) is 0. The SMILES string of the molecule is COc1csc(-c2nn(C)c(N)c2-c2ccccc2)c1. The first-order valence-corrected chi connectivity index (χ1v) is 7.09. The average Bonchev–Trinajstić information content (AvgIpc) is 3.06. The minimum absolute atomic E-state index is 0.665. The third-order valence-electron chi connectivity index (χ3n) is 3.20. The Kier molecular flexibility index (Phi) is 3.20. The molecule has 2 heterocycles. The Hall–Kier alpha value is -2.27. The van der Waals surface area contributed by atoms with Crippen molar-refractivity contribution in [2.24, 2.45) is 7.05 Å². The molecule has 0 atom stereocenters. The molecular formula is C15H15N3OS. The number of anilines is 1. The molecule has 4 nitrogen and oxygen atoms in total. The molecule has 2 N–H and O–H groups in total. The minimum atomic E-state index is 0.665. The number of benzene rings is 1. The third-order valence-corrected chi connectivity index (χ3v) is 4.11. The molecule has 20 heavy (non-hydrogen) atoms. The second-order valence-corrected chi connectivity index (χ2v) is 5.36. The molecule has 3 aromatic rings. The van der Waals surface area contributed by atoms with Gasteiger partial charge in [0.05, 0.1) is 17.6 Å². The molecule has 0 saturated heterocycles. The van der Waals surface area contributed by atoms with Crippen LogP contribution in [-0.2, 0) is 7.05 Å². The van der Waals surface area contributed by atoms with Crippen molar-refractivity contribution in [2.75, 3.05) is 12.8 Å². The van der Waals surface area contributed by atoms with Crippen molar-refractivity contribution in [3.8, 4) is 27.4 Å². The van der Waals surface area contributed by atoms with Crippen molar-refractivity contribution in [2.45, 2.75) is 0 Å². The van der Waals surface area contributed by atoms with Gasteiger partial charge in [0.15, 0.2) is 0 Å². The topological polar surface area (TPSA) is 53.1 Å². The quantitative estimate of drug-likeness (QED) is 0.802. The first-order valence-electron chi connectivity index (χ1n) is 6.21. The molecule has 0 aliphatic carbocycles. The molecular weight excluding hydrogens is 270 g/mol. The van der Waals surface area contributed by atoms with E-state index >= 15 is 0 Å². The monoisotopic (exact) mass is 285 g/mol. The highest BCUT2D eigenvalue weighted by Gasteiger charge is 2.18. The maximum Gasteiger partial charge on any atom is 0.130 e. The lowest BCUT2D eigenvalue weighted by Gasteiger charge is -2.02. The van der Waals surface area contributed by atoms with Crippen LogP contribution in [0.4, 0.5) is 5.82 Å². The number of nitrogen functional groups attached to an aromatic ring is 1. The molecule has 3 rings (SSSR count). The largest absolute Gasteiger partial charge is 0.496 e. The Labute approximate surface area is 121 Å². The number of ether oxygens (including phenoxy) is 1. The van der Waals surface area contributed by atoms with E-state index in [1.54, 1.807) is 23.1 Å². The van der Waals surface area contributed by atoms with E-state index in [1.807, 2.05) is 48.8 Å². The lowest BCUT2D eigenvalue weighted by Crippen LogP contribution is -1.97. The molecule has 0 bridgehead atoms. The third kappa shape index (κ3) is 2.06. The van der Waals surface area contributed by atoms with Crippen molar-refractivity contribution in [3.63, 3.8) is 0 Å². The van der Waals surface area contributed by atoms with Gasteiger partial charge >= 0.3 is 0 Å². The number of thiophene rings is 1. The first kappa shape index (κ1) is 12.7. The van der Waals surface area contributed by atoms with Gasteiger partial charge in [-0.05, 0) is 5.56 Å².